The predicted octanol–water partition coefficient (Wildman–Crippen LogP) is -0.0817. The van der Waals surface area contributed by atoms with Crippen molar-refractivity contribution < 1.29 is 14.0 Å². The molecule has 1 aromatic carbocycles. The monoisotopic (exact) mass is 281 g/mol. The second kappa shape index (κ2) is 5.41. The number of imide groups is 1. The number of halogens is 1. The van der Waals surface area contributed by atoms with Crippen LogP contribution in [0, 0.1) is 5.82 Å². The Bertz CT molecular complexity index is 546. The number of piperazine rings is 1. The van der Waals surface area contributed by atoms with Crippen LogP contribution in [0.3, 0.4) is 0 Å². The molecule has 1 saturated heterocycles. The highest BCUT2D eigenvalue weighted by atomic mass is 32.1. The maximum absolute atomic E-state index is 14.1. The molecule has 0 unspecified atom stereocenters. The largest absolute Gasteiger partial charge is 0.389 e. The van der Waals surface area contributed by atoms with E-state index in [1.807, 2.05) is 0 Å². The molecule has 19 heavy (non-hydrogen) atoms. The summed E-state index contributed by atoms with van der Waals surface area (Å²) in [5.41, 5.74) is 5.94. The van der Waals surface area contributed by atoms with Crippen molar-refractivity contribution in [1.29, 1.82) is 0 Å². The first-order valence-electron chi connectivity index (χ1n) is 5.59. The lowest BCUT2D eigenvalue weighted by atomic mass is 10.1. The number of rotatable bonds is 3. The fourth-order valence-electron chi connectivity index (χ4n) is 1.94. The van der Waals surface area contributed by atoms with Gasteiger partial charge in [0.15, 0.2) is 0 Å². The van der Waals surface area contributed by atoms with Gasteiger partial charge in [0.1, 0.15) is 10.8 Å². The molecule has 1 aromatic rings. The summed E-state index contributed by atoms with van der Waals surface area (Å²) < 4.78 is 14.1. The van der Waals surface area contributed by atoms with Crippen LogP contribution in [0.5, 0.6) is 0 Å². The van der Waals surface area contributed by atoms with Crippen molar-refractivity contribution in [3.05, 3.63) is 35.1 Å². The molecule has 100 valence electrons. The minimum absolute atomic E-state index is 0.0215. The quantitative estimate of drug-likeness (QED) is 0.598. The second-order valence-electron chi connectivity index (χ2n) is 4.26. The highest BCUT2D eigenvalue weighted by Gasteiger charge is 2.23. The maximum atomic E-state index is 14.1. The van der Waals surface area contributed by atoms with E-state index in [9.17, 15) is 14.0 Å². The van der Waals surface area contributed by atoms with Crippen LogP contribution in [-0.2, 0) is 16.1 Å². The van der Waals surface area contributed by atoms with E-state index in [1.165, 1.54) is 6.07 Å². The lowest BCUT2D eigenvalue weighted by molar-refractivity contribution is -0.136. The Morgan fingerprint density at radius 1 is 1.37 bits per heavy atom. The van der Waals surface area contributed by atoms with E-state index in [0.29, 0.717) is 5.56 Å². The molecule has 0 radical (unpaired) electrons. The topological polar surface area (TPSA) is 75.4 Å². The van der Waals surface area contributed by atoms with Crippen molar-refractivity contribution in [2.24, 2.45) is 5.73 Å². The van der Waals surface area contributed by atoms with Gasteiger partial charge in [-0.3, -0.25) is 19.8 Å². The molecule has 0 aliphatic carbocycles. The summed E-state index contributed by atoms with van der Waals surface area (Å²) in [5.74, 6) is -1.28. The number of nitrogens with two attached hydrogens (primary N) is 1. The van der Waals surface area contributed by atoms with Crippen LogP contribution < -0.4 is 11.1 Å². The predicted molar refractivity (Wildman–Crippen MR) is 70.7 cm³/mol. The molecule has 1 aliphatic rings. The first kappa shape index (κ1) is 13.6. The molecular weight excluding hydrogens is 269 g/mol. The van der Waals surface area contributed by atoms with Gasteiger partial charge in [-0.15, -0.1) is 0 Å². The van der Waals surface area contributed by atoms with Crippen LogP contribution >= 0.6 is 12.2 Å². The van der Waals surface area contributed by atoms with E-state index in [2.05, 4.69) is 5.32 Å². The molecule has 1 aliphatic heterocycles. The van der Waals surface area contributed by atoms with E-state index < -0.39 is 5.82 Å². The Morgan fingerprint density at radius 3 is 2.58 bits per heavy atom. The minimum Gasteiger partial charge on any atom is -0.389 e. The number of nitrogens with zero attached hydrogens (tertiary/aromatic N) is 1. The Labute approximate surface area is 114 Å². The van der Waals surface area contributed by atoms with E-state index in [4.69, 9.17) is 18.0 Å². The summed E-state index contributed by atoms with van der Waals surface area (Å²) in [6, 6.07) is 4.71. The molecule has 0 aromatic heterocycles. The van der Waals surface area contributed by atoms with Gasteiger partial charge in [0.2, 0.25) is 11.8 Å². The van der Waals surface area contributed by atoms with Gasteiger partial charge >= 0.3 is 0 Å². The summed E-state index contributed by atoms with van der Waals surface area (Å²) in [6.07, 6.45) is 0. The summed E-state index contributed by atoms with van der Waals surface area (Å²) in [7, 11) is 0. The summed E-state index contributed by atoms with van der Waals surface area (Å²) >= 11 is 4.76. The number of hydrogen-bond acceptors (Lipinski definition) is 4. The molecule has 3 N–H and O–H groups in total. The summed E-state index contributed by atoms with van der Waals surface area (Å²) in [5, 5.41) is 2.19. The standard InChI is InChI=1S/C12H12FN3O2S/c13-11-7(2-1-3-8(11)12(14)19)4-16-5-9(17)15-10(18)6-16/h1-3H,4-6H2,(H2,14,19)(H,15,17,18). The lowest BCUT2D eigenvalue weighted by Gasteiger charge is -2.25. The number of carbonyl (C=O) groups excluding carboxylic acids is 2. The third-order valence-electron chi connectivity index (χ3n) is 2.75. The van der Waals surface area contributed by atoms with Gasteiger partial charge < -0.3 is 5.73 Å². The van der Waals surface area contributed by atoms with E-state index >= 15 is 0 Å². The number of benzene rings is 1. The second-order valence-corrected chi connectivity index (χ2v) is 4.70. The molecule has 0 atom stereocenters. The average molecular weight is 281 g/mol. The zero-order valence-corrected chi connectivity index (χ0v) is 10.8. The van der Waals surface area contributed by atoms with Gasteiger partial charge in [-0.25, -0.2) is 4.39 Å². The SMILES string of the molecule is NC(=S)c1cccc(CN2CC(=O)NC(=O)C2)c1F. The zero-order chi connectivity index (χ0) is 14.0. The molecule has 0 bridgehead atoms. The van der Waals surface area contributed by atoms with E-state index in [0.717, 1.165) is 0 Å². The summed E-state index contributed by atoms with van der Waals surface area (Å²) in [4.78, 5) is 24.0. The van der Waals surface area contributed by atoms with Crippen LogP contribution in [0.1, 0.15) is 11.1 Å². The number of carbonyl (C=O) groups is 2. The van der Waals surface area contributed by atoms with Crippen molar-refractivity contribution in [2.75, 3.05) is 13.1 Å². The third kappa shape index (κ3) is 3.12. The van der Waals surface area contributed by atoms with Crippen molar-refractivity contribution in [3.63, 3.8) is 0 Å². The Balaban J connectivity index is 2.19. The normalized spacial score (nSPS) is 16.3. The van der Waals surface area contributed by atoms with Gasteiger partial charge in [0.05, 0.1) is 13.1 Å². The fourth-order valence-corrected chi connectivity index (χ4v) is 2.10. The smallest absolute Gasteiger partial charge is 0.240 e. The molecule has 0 spiro atoms. The third-order valence-corrected chi connectivity index (χ3v) is 2.97. The highest BCUT2D eigenvalue weighted by molar-refractivity contribution is 7.80. The van der Waals surface area contributed by atoms with Gasteiger partial charge in [0.25, 0.3) is 0 Å². The fraction of sp³-hybridized carbons (Fsp3) is 0.250. The number of thiocarbonyl (C=S) groups is 1. The Hall–Kier alpha value is -1.86. The first-order valence-corrected chi connectivity index (χ1v) is 6.00. The molecule has 1 fully saturated rings. The zero-order valence-electron chi connectivity index (χ0n) is 9.98. The average Bonchev–Trinajstić information content (AvgIpc) is 2.30. The van der Waals surface area contributed by atoms with Crippen LogP contribution in [0.15, 0.2) is 18.2 Å². The van der Waals surface area contributed by atoms with Crippen molar-refractivity contribution in [3.8, 4) is 0 Å². The van der Waals surface area contributed by atoms with Crippen LogP contribution in [-0.4, -0.2) is 34.8 Å². The molecule has 1 heterocycles. The van der Waals surface area contributed by atoms with E-state index in [1.54, 1.807) is 17.0 Å². The lowest BCUT2D eigenvalue weighted by Crippen LogP contribution is -2.50. The molecular formula is C12H12FN3O2S. The number of nitrogens with one attached hydrogen (secondary N) is 1. The first-order chi connectivity index (χ1) is 8.97. The highest BCUT2D eigenvalue weighted by Crippen LogP contribution is 2.15. The molecule has 0 saturated carbocycles. The number of amides is 2. The van der Waals surface area contributed by atoms with Crippen molar-refractivity contribution in [2.45, 2.75) is 6.54 Å². The Morgan fingerprint density at radius 2 is 2.00 bits per heavy atom. The molecule has 7 heteroatoms. The molecule has 5 nitrogen and oxygen atoms in total. The van der Waals surface area contributed by atoms with Gasteiger partial charge in [-0.05, 0) is 6.07 Å². The Kier molecular flexibility index (Phi) is 3.87. The van der Waals surface area contributed by atoms with Gasteiger partial charge in [0, 0.05) is 17.7 Å². The van der Waals surface area contributed by atoms with Gasteiger partial charge in [-0.1, -0.05) is 24.4 Å². The maximum Gasteiger partial charge on any atom is 0.240 e. The summed E-state index contributed by atoms with van der Waals surface area (Å²) in [6.45, 7) is 0.270. The van der Waals surface area contributed by atoms with Crippen LogP contribution in [0.2, 0.25) is 0 Å². The van der Waals surface area contributed by atoms with Gasteiger partial charge in [-0.2, -0.15) is 0 Å². The van der Waals surface area contributed by atoms with Crippen molar-refractivity contribution >= 4 is 29.0 Å². The van der Waals surface area contributed by atoms with Crippen molar-refractivity contribution in [1.82, 2.24) is 10.2 Å². The minimum atomic E-state index is -0.506. The molecule has 2 amide bonds. The van der Waals surface area contributed by atoms with Crippen LogP contribution in [0.25, 0.3) is 0 Å². The molecule has 2 rings (SSSR count). The number of hydrogen-bond donors (Lipinski definition) is 2. The van der Waals surface area contributed by atoms with Crippen LogP contribution in [0.4, 0.5) is 4.39 Å². The van der Waals surface area contributed by atoms with E-state index in [-0.39, 0.29) is 42.0 Å².